The molecule has 2 aromatic rings. The SMILES string of the molecule is Cc1cc(Cl)c(N)cc1S(=O)(=O)Nc1cc(F)ccc1F. The van der Waals surface area contributed by atoms with Crippen LogP contribution in [0.2, 0.25) is 5.02 Å². The molecule has 0 atom stereocenters. The van der Waals surface area contributed by atoms with Gasteiger partial charge < -0.3 is 5.73 Å². The van der Waals surface area contributed by atoms with Crippen molar-refractivity contribution in [2.24, 2.45) is 0 Å². The number of anilines is 2. The van der Waals surface area contributed by atoms with E-state index in [-0.39, 0.29) is 15.6 Å². The summed E-state index contributed by atoms with van der Waals surface area (Å²) in [6, 6.07) is 5.01. The van der Waals surface area contributed by atoms with Gasteiger partial charge in [-0.15, -0.1) is 0 Å². The van der Waals surface area contributed by atoms with Gasteiger partial charge in [-0.25, -0.2) is 17.2 Å². The molecule has 0 aliphatic rings. The highest BCUT2D eigenvalue weighted by Gasteiger charge is 2.20. The first-order valence-corrected chi connectivity index (χ1v) is 7.60. The van der Waals surface area contributed by atoms with E-state index in [0.29, 0.717) is 5.56 Å². The summed E-state index contributed by atoms with van der Waals surface area (Å²) in [7, 11) is -4.12. The fraction of sp³-hybridized carbons (Fsp3) is 0.0769. The monoisotopic (exact) mass is 332 g/mol. The lowest BCUT2D eigenvalue weighted by molar-refractivity contribution is 0.594. The molecular formula is C13H11ClF2N2O2S. The fourth-order valence-electron chi connectivity index (χ4n) is 1.73. The number of nitrogens with two attached hydrogens (primary N) is 1. The highest BCUT2D eigenvalue weighted by molar-refractivity contribution is 7.92. The molecule has 0 saturated heterocycles. The summed E-state index contributed by atoms with van der Waals surface area (Å²) in [4.78, 5) is -0.159. The van der Waals surface area contributed by atoms with Gasteiger partial charge in [0, 0.05) is 6.07 Å². The van der Waals surface area contributed by atoms with Gasteiger partial charge in [0.25, 0.3) is 10.0 Å². The van der Waals surface area contributed by atoms with E-state index < -0.39 is 27.3 Å². The summed E-state index contributed by atoms with van der Waals surface area (Å²) in [6.45, 7) is 1.52. The van der Waals surface area contributed by atoms with Gasteiger partial charge in [-0.1, -0.05) is 11.6 Å². The standard InChI is InChI=1S/C13H11ClF2N2O2S/c1-7-4-9(14)11(17)6-13(7)21(19,20)18-12-5-8(15)2-3-10(12)16/h2-6,18H,17H2,1H3. The zero-order valence-corrected chi connectivity index (χ0v) is 12.4. The van der Waals surface area contributed by atoms with E-state index in [0.717, 1.165) is 24.3 Å². The molecule has 0 aromatic heterocycles. The van der Waals surface area contributed by atoms with Gasteiger partial charge in [0.15, 0.2) is 0 Å². The van der Waals surface area contributed by atoms with Crippen molar-refractivity contribution >= 4 is 33.0 Å². The molecule has 0 bridgehead atoms. The Balaban J connectivity index is 2.48. The molecule has 0 aliphatic heterocycles. The number of hydrogen-bond acceptors (Lipinski definition) is 3. The summed E-state index contributed by atoms with van der Waals surface area (Å²) >= 11 is 5.79. The van der Waals surface area contributed by atoms with Crippen LogP contribution in [-0.2, 0) is 10.0 Å². The Labute approximate surface area is 125 Å². The Kier molecular flexibility index (Phi) is 4.06. The lowest BCUT2D eigenvalue weighted by atomic mass is 10.2. The van der Waals surface area contributed by atoms with Gasteiger partial charge in [0.2, 0.25) is 0 Å². The van der Waals surface area contributed by atoms with Crippen LogP contribution in [0.5, 0.6) is 0 Å². The molecule has 21 heavy (non-hydrogen) atoms. The Morgan fingerprint density at radius 1 is 1.19 bits per heavy atom. The second-order valence-electron chi connectivity index (χ2n) is 4.37. The topological polar surface area (TPSA) is 72.2 Å². The van der Waals surface area contributed by atoms with Crippen LogP contribution in [0.1, 0.15) is 5.56 Å². The first-order chi connectivity index (χ1) is 9.70. The molecule has 0 radical (unpaired) electrons. The molecule has 2 aromatic carbocycles. The van der Waals surface area contributed by atoms with E-state index >= 15 is 0 Å². The summed E-state index contributed by atoms with van der Waals surface area (Å²) in [6.07, 6.45) is 0. The largest absolute Gasteiger partial charge is 0.397 e. The molecule has 3 N–H and O–H groups in total. The van der Waals surface area contributed by atoms with Crippen LogP contribution >= 0.6 is 11.6 Å². The number of sulfonamides is 1. The van der Waals surface area contributed by atoms with Crippen LogP contribution < -0.4 is 10.5 Å². The van der Waals surface area contributed by atoms with Crippen molar-refractivity contribution in [3.05, 3.63) is 52.6 Å². The van der Waals surface area contributed by atoms with E-state index in [1.54, 1.807) is 0 Å². The van der Waals surface area contributed by atoms with Crippen LogP contribution in [0.15, 0.2) is 35.2 Å². The van der Waals surface area contributed by atoms with Gasteiger partial charge >= 0.3 is 0 Å². The lowest BCUT2D eigenvalue weighted by Crippen LogP contribution is -2.15. The molecule has 0 unspecified atom stereocenters. The van der Waals surface area contributed by atoms with E-state index in [2.05, 4.69) is 0 Å². The Morgan fingerprint density at radius 3 is 2.52 bits per heavy atom. The van der Waals surface area contributed by atoms with Gasteiger partial charge in [-0.2, -0.15) is 0 Å². The van der Waals surface area contributed by atoms with E-state index in [1.165, 1.54) is 13.0 Å². The lowest BCUT2D eigenvalue weighted by Gasteiger charge is -2.12. The van der Waals surface area contributed by atoms with Crippen LogP contribution in [-0.4, -0.2) is 8.42 Å². The molecule has 112 valence electrons. The molecule has 0 saturated carbocycles. The van der Waals surface area contributed by atoms with E-state index in [9.17, 15) is 17.2 Å². The predicted molar refractivity (Wildman–Crippen MR) is 77.8 cm³/mol. The number of rotatable bonds is 3. The van der Waals surface area contributed by atoms with Crippen molar-refractivity contribution in [3.63, 3.8) is 0 Å². The van der Waals surface area contributed by atoms with E-state index in [4.69, 9.17) is 17.3 Å². The van der Waals surface area contributed by atoms with Crippen molar-refractivity contribution in [2.75, 3.05) is 10.5 Å². The molecular weight excluding hydrogens is 322 g/mol. The average molecular weight is 333 g/mol. The fourth-order valence-corrected chi connectivity index (χ4v) is 3.27. The Bertz CT molecular complexity index is 810. The van der Waals surface area contributed by atoms with Crippen molar-refractivity contribution in [1.29, 1.82) is 0 Å². The van der Waals surface area contributed by atoms with Crippen LogP contribution in [0.4, 0.5) is 20.2 Å². The quantitative estimate of drug-likeness (QED) is 0.847. The number of benzene rings is 2. The highest BCUT2D eigenvalue weighted by atomic mass is 35.5. The van der Waals surface area contributed by atoms with Crippen molar-refractivity contribution < 1.29 is 17.2 Å². The summed E-state index contributed by atoms with van der Waals surface area (Å²) in [5.74, 6) is -1.65. The smallest absolute Gasteiger partial charge is 0.262 e. The third-order valence-electron chi connectivity index (χ3n) is 2.76. The minimum atomic E-state index is -4.12. The Morgan fingerprint density at radius 2 is 1.86 bits per heavy atom. The normalized spacial score (nSPS) is 11.4. The number of aryl methyl sites for hydroxylation is 1. The molecule has 0 fully saturated rings. The number of halogens is 3. The van der Waals surface area contributed by atoms with Gasteiger partial charge in [0.1, 0.15) is 11.6 Å². The number of nitrogen functional groups attached to an aromatic ring is 1. The summed E-state index contributed by atoms with van der Waals surface area (Å²) < 4.78 is 53.1. The molecule has 2 rings (SSSR count). The first-order valence-electron chi connectivity index (χ1n) is 5.74. The molecule has 0 amide bonds. The maximum atomic E-state index is 13.5. The second kappa shape index (κ2) is 5.50. The van der Waals surface area contributed by atoms with Gasteiger partial charge in [0.05, 0.1) is 21.3 Å². The average Bonchev–Trinajstić information content (AvgIpc) is 2.37. The van der Waals surface area contributed by atoms with Crippen molar-refractivity contribution in [2.45, 2.75) is 11.8 Å². The molecule has 0 aliphatic carbocycles. The summed E-state index contributed by atoms with van der Waals surface area (Å²) in [5.41, 5.74) is 5.50. The maximum absolute atomic E-state index is 13.5. The van der Waals surface area contributed by atoms with Crippen molar-refractivity contribution in [1.82, 2.24) is 0 Å². The number of hydrogen-bond donors (Lipinski definition) is 2. The minimum Gasteiger partial charge on any atom is -0.397 e. The molecule has 0 heterocycles. The number of nitrogens with one attached hydrogen (secondary N) is 1. The molecule has 4 nitrogen and oxygen atoms in total. The predicted octanol–water partition coefficient (Wildman–Crippen LogP) is 3.31. The molecule has 0 spiro atoms. The van der Waals surface area contributed by atoms with Crippen LogP contribution in [0.3, 0.4) is 0 Å². The van der Waals surface area contributed by atoms with Gasteiger partial charge in [-0.05, 0) is 36.8 Å². The Hall–Kier alpha value is -1.86. The zero-order chi connectivity index (χ0) is 15.8. The maximum Gasteiger partial charge on any atom is 0.262 e. The minimum absolute atomic E-state index is 0.0716. The zero-order valence-electron chi connectivity index (χ0n) is 10.8. The third kappa shape index (κ3) is 3.25. The van der Waals surface area contributed by atoms with E-state index in [1.807, 2.05) is 4.72 Å². The van der Waals surface area contributed by atoms with Crippen LogP contribution in [0, 0.1) is 18.6 Å². The third-order valence-corrected chi connectivity index (χ3v) is 4.59. The highest BCUT2D eigenvalue weighted by Crippen LogP contribution is 2.28. The molecule has 8 heteroatoms. The second-order valence-corrected chi connectivity index (χ2v) is 6.43. The summed E-state index contributed by atoms with van der Waals surface area (Å²) in [5, 5.41) is 0.211. The van der Waals surface area contributed by atoms with Gasteiger partial charge in [-0.3, -0.25) is 4.72 Å². The van der Waals surface area contributed by atoms with Crippen molar-refractivity contribution in [3.8, 4) is 0 Å². The first kappa shape index (κ1) is 15.5. The van der Waals surface area contributed by atoms with Crippen LogP contribution in [0.25, 0.3) is 0 Å².